The number of ether oxygens (including phenoxy) is 2. The lowest BCUT2D eigenvalue weighted by Crippen LogP contribution is -2.35. The minimum absolute atomic E-state index is 0.0235. The Balaban J connectivity index is 1.95. The van der Waals surface area contributed by atoms with E-state index in [4.69, 9.17) is 14.6 Å². The van der Waals surface area contributed by atoms with Crippen molar-refractivity contribution >= 4 is 52.1 Å². The summed E-state index contributed by atoms with van der Waals surface area (Å²) in [6.45, 7) is 3.53. The summed E-state index contributed by atoms with van der Waals surface area (Å²) in [7, 11) is 0. The van der Waals surface area contributed by atoms with Crippen LogP contribution in [0, 0.1) is 3.57 Å². The minimum Gasteiger partial charge on any atom is -0.490 e. The number of aliphatic carboxylic acids is 1. The van der Waals surface area contributed by atoms with Gasteiger partial charge in [0.1, 0.15) is 5.57 Å². The standard InChI is InChI=1S/C21H19IN2O6/c1-3-29-17-11-13(10-16(22)18(17)30-12(2)21(27)28)9-15-19(25)23-24(20(15)26)14-7-5-4-6-8-14/h4-12H,3H2,1-2H3,(H,23,25)(H,27,28)/b15-9-/t12-/m1/s1. The molecule has 2 amide bonds. The van der Waals surface area contributed by atoms with Crippen LogP contribution in [-0.4, -0.2) is 35.6 Å². The fourth-order valence-corrected chi connectivity index (χ4v) is 3.51. The van der Waals surface area contributed by atoms with Gasteiger partial charge in [-0.15, -0.1) is 0 Å². The zero-order valence-corrected chi connectivity index (χ0v) is 18.4. The van der Waals surface area contributed by atoms with E-state index < -0.39 is 23.9 Å². The maximum absolute atomic E-state index is 12.8. The van der Waals surface area contributed by atoms with Gasteiger partial charge in [-0.3, -0.25) is 15.0 Å². The number of halogens is 1. The number of nitrogens with zero attached hydrogens (tertiary/aromatic N) is 1. The molecule has 1 atom stereocenters. The number of para-hydroxylation sites is 1. The molecular weight excluding hydrogens is 503 g/mol. The first-order valence-corrected chi connectivity index (χ1v) is 10.2. The van der Waals surface area contributed by atoms with E-state index in [0.29, 0.717) is 32.9 Å². The van der Waals surface area contributed by atoms with Crippen LogP contribution in [0.25, 0.3) is 6.08 Å². The van der Waals surface area contributed by atoms with E-state index in [1.165, 1.54) is 18.0 Å². The number of amides is 2. The smallest absolute Gasteiger partial charge is 0.344 e. The van der Waals surface area contributed by atoms with Crippen LogP contribution in [0.3, 0.4) is 0 Å². The Morgan fingerprint density at radius 2 is 1.97 bits per heavy atom. The van der Waals surface area contributed by atoms with Gasteiger partial charge >= 0.3 is 5.97 Å². The zero-order chi connectivity index (χ0) is 21.8. The van der Waals surface area contributed by atoms with Crippen LogP contribution in [0.15, 0.2) is 48.0 Å². The van der Waals surface area contributed by atoms with Gasteiger partial charge in [0.15, 0.2) is 17.6 Å². The molecule has 1 aliphatic heterocycles. The average molecular weight is 522 g/mol. The second-order valence-electron chi connectivity index (χ2n) is 6.34. The van der Waals surface area contributed by atoms with Crippen molar-refractivity contribution in [3.8, 4) is 11.5 Å². The van der Waals surface area contributed by atoms with Crippen LogP contribution in [0.2, 0.25) is 0 Å². The predicted molar refractivity (Wildman–Crippen MR) is 118 cm³/mol. The van der Waals surface area contributed by atoms with Crippen molar-refractivity contribution in [2.45, 2.75) is 20.0 Å². The summed E-state index contributed by atoms with van der Waals surface area (Å²) >= 11 is 2.00. The van der Waals surface area contributed by atoms with Gasteiger partial charge in [-0.1, -0.05) is 18.2 Å². The Morgan fingerprint density at radius 1 is 1.27 bits per heavy atom. The lowest BCUT2D eigenvalue weighted by Gasteiger charge is -2.17. The van der Waals surface area contributed by atoms with Gasteiger partial charge in [0.2, 0.25) is 0 Å². The molecule has 2 aromatic carbocycles. The van der Waals surface area contributed by atoms with Crippen molar-refractivity contribution in [1.29, 1.82) is 0 Å². The third kappa shape index (κ3) is 4.56. The Labute approximate surface area is 186 Å². The first kappa shape index (κ1) is 21.6. The highest BCUT2D eigenvalue weighted by Gasteiger charge is 2.34. The lowest BCUT2D eigenvalue weighted by molar-refractivity contribution is -0.144. The van der Waals surface area contributed by atoms with Gasteiger partial charge in [-0.25, -0.2) is 9.80 Å². The highest BCUT2D eigenvalue weighted by Crippen LogP contribution is 2.36. The number of carboxylic acid groups (broad SMARTS) is 1. The third-order valence-corrected chi connectivity index (χ3v) is 4.99. The van der Waals surface area contributed by atoms with E-state index in [0.717, 1.165) is 0 Å². The molecule has 8 nitrogen and oxygen atoms in total. The van der Waals surface area contributed by atoms with Gasteiger partial charge < -0.3 is 14.6 Å². The number of hydrogen-bond acceptors (Lipinski definition) is 5. The Morgan fingerprint density at radius 3 is 2.60 bits per heavy atom. The van der Waals surface area contributed by atoms with Crippen molar-refractivity contribution in [2.24, 2.45) is 0 Å². The minimum atomic E-state index is -1.10. The largest absolute Gasteiger partial charge is 0.490 e. The Bertz CT molecular complexity index is 1020. The molecule has 0 unspecified atom stereocenters. The monoisotopic (exact) mass is 522 g/mol. The van der Waals surface area contributed by atoms with Crippen LogP contribution in [0.4, 0.5) is 5.69 Å². The van der Waals surface area contributed by atoms with Crippen LogP contribution in [-0.2, 0) is 14.4 Å². The Kier molecular flexibility index (Phi) is 6.60. The van der Waals surface area contributed by atoms with Crippen molar-refractivity contribution in [3.63, 3.8) is 0 Å². The fraction of sp³-hybridized carbons (Fsp3) is 0.190. The van der Waals surface area contributed by atoms with Gasteiger partial charge in [0.05, 0.1) is 15.9 Å². The van der Waals surface area contributed by atoms with Crippen LogP contribution in [0.5, 0.6) is 11.5 Å². The summed E-state index contributed by atoms with van der Waals surface area (Å²) in [5, 5.41) is 10.3. The molecule has 1 saturated heterocycles. The SMILES string of the molecule is CCOc1cc(/C=C2/C(=O)NN(c3ccccc3)C2=O)cc(I)c1O[C@H](C)C(=O)O. The molecule has 0 radical (unpaired) electrons. The molecule has 2 N–H and O–H groups in total. The number of rotatable bonds is 7. The Hall–Kier alpha value is -3.08. The summed E-state index contributed by atoms with van der Waals surface area (Å²) in [6, 6.07) is 12.1. The maximum Gasteiger partial charge on any atom is 0.344 e. The normalized spacial score (nSPS) is 15.8. The molecule has 3 rings (SSSR count). The van der Waals surface area contributed by atoms with E-state index in [2.05, 4.69) is 5.43 Å². The highest BCUT2D eigenvalue weighted by molar-refractivity contribution is 14.1. The first-order valence-electron chi connectivity index (χ1n) is 9.09. The number of hydrazine groups is 1. The molecule has 0 aliphatic carbocycles. The van der Waals surface area contributed by atoms with Crippen molar-refractivity contribution in [2.75, 3.05) is 11.6 Å². The molecule has 2 aromatic rings. The van der Waals surface area contributed by atoms with E-state index >= 15 is 0 Å². The molecule has 30 heavy (non-hydrogen) atoms. The molecule has 9 heteroatoms. The molecule has 1 heterocycles. The second-order valence-corrected chi connectivity index (χ2v) is 7.50. The van der Waals surface area contributed by atoms with Gasteiger partial charge in [-0.2, -0.15) is 0 Å². The van der Waals surface area contributed by atoms with Crippen molar-refractivity contribution in [3.05, 3.63) is 57.2 Å². The molecule has 0 spiro atoms. The topological polar surface area (TPSA) is 105 Å². The molecule has 156 valence electrons. The van der Waals surface area contributed by atoms with Gasteiger partial charge in [0.25, 0.3) is 11.8 Å². The van der Waals surface area contributed by atoms with E-state index in [1.54, 1.807) is 43.3 Å². The van der Waals surface area contributed by atoms with Crippen LogP contribution in [0.1, 0.15) is 19.4 Å². The molecule has 1 fully saturated rings. The second kappa shape index (κ2) is 9.16. The zero-order valence-electron chi connectivity index (χ0n) is 16.2. The number of carboxylic acids is 1. The molecular formula is C21H19IN2O6. The number of anilines is 1. The summed E-state index contributed by atoms with van der Waals surface area (Å²) in [6.07, 6.45) is 0.402. The summed E-state index contributed by atoms with van der Waals surface area (Å²) < 4.78 is 11.7. The van der Waals surface area contributed by atoms with Crippen molar-refractivity contribution in [1.82, 2.24) is 5.43 Å². The summed E-state index contributed by atoms with van der Waals surface area (Å²) in [4.78, 5) is 36.3. The highest BCUT2D eigenvalue weighted by atomic mass is 127. The molecule has 0 aromatic heterocycles. The van der Waals surface area contributed by atoms with Crippen LogP contribution < -0.4 is 19.9 Å². The third-order valence-electron chi connectivity index (χ3n) is 4.19. The molecule has 0 saturated carbocycles. The number of carbonyl (C=O) groups excluding carboxylic acids is 2. The van der Waals surface area contributed by atoms with Gasteiger partial charge in [0, 0.05) is 0 Å². The number of carbonyl (C=O) groups is 3. The average Bonchev–Trinajstić information content (AvgIpc) is 2.99. The first-order chi connectivity index (χ1) is 14.3. The quantitative estimate of drug-likeness (QED) is 0.329. The maximum atomic E-state index is 12.8. The van der Waals surface area contributed by atoms with E-state index in [9.17, 15) is 14.4 Å². The van der Waals surface area contributed by atoms with Crippen LogP contribution >= 0.6 is 22.6 Å². The van der Waals surface area contributed by atoms with Gasteiger partial charge in [-0.05, 0) is 72.3 Å². The molecule has 0 bridgehead atoms. The number of hydrogen-bond donors (Lipinski definition) is 2. The van der Waals surface area contributed by atoms with Crippen molar-refractivity contribution < 1.29 is 29.0 Å². The number of nitrogens with one attached hydrogen (secondary N) is 1. The summed E-state index contributed by atoms with van der Waals surface area (Å²) in [5.74, 6) is -1.47. The van der Waals surface area contributed by atoms with E-state index in [1.807, 2.05) is 28.7 Å². The fourth-order valence-electron chi connectivity index (χ4n) is 2.76. The molecule has 1 aliphatic rings. The number of benzene rings is 2. The predicted octanol–water partition coefficient (Wildman–Crippen LogP) is 3.00. The van der Waals surface area contributed by atoms with E-state index in [-0.39, 0.29) is 5.57 Å². The lowest BCUT2D eigenvalue weighted by atomic mass is 10.1. The summed E-state index contributed by atoms with van der Waals surface area (Å²) in [5.41, 5.74) is 3.62.